The van der Waals surface area contributed by atoms with Crippen LogP contribution in [0.15, 0.2) is 48.8 Å². The molecule has 4 atom stereocenters. The molecule has 2 aromatic carbocycles. The molecule has 0 aliphatic carbocycles. The van der Waals surface area contributed by atoms with E-state index in [9.17, 15) is 32.7 Å². The molecule has 1 unspecified atom stereocenters. The topological polar surface area (TPSA) is 143 Å². The molecular formula is C32H33ClF3N5O6. The first-order valence-corrected chi connectivity index (χ1v) is 15.2. The third kappa shape index (κ3) is 7.83. The van der Waals surface area contributed by atoms with E-state index in [4.69, 9.17) is 21.1 Å². The summed E-state index contributed by atoms with van der Waals surface area (Å²) in [4.78, 5) is 48.9. The Morgan fingerprint density at radius 3 is 2.64 bits per heavy atom. The predicted molar refractivity (Wildman–Crippen MR) is 163 cm³/mol. The Kier molecular flexibility index (Phi) is 9.75. The van der Waals surface area contributed by atoms with Gasteiger partial charge in [0.1, 0.15) is 29.2 Å². The van der Waals surface area contributed by atoms with Crippen molar-refractivity contribution in [1.82, 2.24) is 20.6 Å². The number of hydrogen-bond acceptors (Lipinski definition) is 8. The summed E-state index contributed by atoms with van der Waals surface area (Å²) in [6, 6.07) is 5.80. The first-order valence-electron chi connectivity index (χ1n) is 14.8. The van der Waals surface area contributed by atoms with Crippen LogP contribution in [0.25, 0.3) is 0 Å². The van der Waals surface area contributed by atoms with Crippen LogP contribution in [0.1, 0.15) is 62.5 Å². The average Bonchev–Trinajstić information content (AvgIpc) is 3.30. The van der Waals surface area contributed by atoms with Gasteiger partial charge in [-0.15, -0.1) is 0 Å². The largest absolute Gasteiger partial charge is 0.444 e. The van der Waals surface area contributed by atoms with Crippen molar-refractivity contribution in [1.29, 1.82) is 0 Å². The fourth-order valence-electron chi connectivity index (χ4n) is 5.55. The molecule has 2 aliphatic heterocycles. The molecular weight excluding hydrogens is 643 g/mol. The molecule has 2 fully saturated rings. The number of nitrogens with one attached hydrogen (secondary N) is 2. The maximum atomic E-state index is 14.8. The number of ether oxygens (including phenoxy) is 2. The molecule has 3 heterocycles. The average molecular weight is 676 g/mol. The molecule has 5 rings (SSSR count). The Morgan fingerprint density at radius 1 is 1.15 bits per heavy atom. The minimum atomic E-state index is -2.41. The van der Waals surface area contributed by atoms with Crippen LogP contribution < -0.4 is 15.5 Å². The van der Waals surface area contributed by atoms with Gasteiger partial charge in [0.2, 0.25) is 5.60 Å². The number of carbonyl (C=O) groups excluding carboxylic acids is 3. The fraction of sp³-hybridized carbons (Fsp3) is 0.406. The molecule has 3 amide bonds. The van der Waals surface area contributed by atoms with E-state index in [1.807, 2.05) is 0 Å². The fourth-order valence-corrected chi connectivity index (χ4v) is 5.79. The molecule has 11 nitrogen and oxygen atoms in total. The van der Waals surface area contributed by atoms with E-state index in [2.05, 4.69) is 20.6 Å². The molecule has 0 radical (unpaired) electrons. The summed E-state index contributed by atoms with van der Waals surface area (Å²) in [5.41, 5.74) is -2.62. The zero-order valence-electron chi connectivity index (χ0n) is 25.7. The molecule has 0 bridgehead atoms. The van der Waals surface area contributed by atoms with Crippen molar-refractivity contribution in [2.45, 2.75) is 69.4 Å². The summed E-state index contributed by atoms with van der Waals surface area (Å²) in [6.45, 7) is 4.79. The van der Waals surface area contributed by atoms with Gasteiger partial charge in [-0.05, 0) is 69.2 Å². The number of carbonyl (C=O) groups is 3. The molecule has 1 aromatic heterocycles. The lowest BCUT2D eigenvalue weighted by molar-refractivity contribution is -0.149. The Balaban J connectivity index is 1.32. The van der Waals surface area contributed by atoms with Gasteiger partial charge in [0.25, 0.3) is 11.8 Å². The number of amides is 3. The lowest BCUT2D eigenvalue weighted by Gasteiger charge is -2.37. The van der Waals surface area contributed by atoms with Crippen molar-refractivity contribution in [2.75, 3.05) is 18.1 Å². The minimum absolute atomic E-state index is 0.0182. The first kappa shape index (κ1) is 34.1. The van der Waals surface area contributed by atoms with Gasteiger partial charge in [-0.2, -0.15) is 0 Å². The highest BCUT2D eigenvalue weighted by Crippen LogP contribution is 2.37. The number of hydrogen-bond donors (Lipinski definition) is 3. The van der Waals surface area contributed by atoms with Crippen LogP contribution in [-0.2, 0) is 25.6 Å². The minimum Gasteiger partial charge on any atom is -0.444 e. The van der Waals surface area contributed by atoms with Crippen LogP contribution in [0.5, 0.6) is 0 Å². The Labute approximate surface area is 273 Å². The number of rotatable bonds is 7. The molecule has 2 aliphatic rings. The lowest BCUT2D eigenvalue weighted by atomic mass is 9.88. The van der Waals surface area contributed by atoms with Crippen molar-refractivity contribution in [2.24, 2.45) is 0 Å². The van der Waals surface area contributed by atoms with Gasteiger partial charge in [0, 0.05) is 42.2 Å². The van der Waals surface area contributed by atoms with E-state index in [1.165, 1.54) is 24.5 Å². The summed E-state index contributed by atoms with van der Waals surface area (Å²) < 4.78 is 53.9. The zero-order valence-corrected chi connectivity index (χ0v) is 26.5. The molecule has 2 saturated heterocycles. The molecule has 3 aromatic rings. The van der Waals surface area contributed by atoms with Crippen molar-refractivity contribution < 1.29 is 42.1 Å². The maximum Gasteiger partial charge on any atom is 0.407 e. The molecule has 0 spiro atoms. The number of nitrogens with zero attached hydrogens (tertiary/aromatic N) is 3. The molecule has 3 N–H and O–H groups in total. The van der Waals surface area contributed by atoms with E-state index in [-0.39, 0.29) is 48.9 Å². The summed E-state index contributed by atoms with van der Waals surface area (Å²) in [5, 5.41) is 16.3. The van der Waals surface area contributed by atoms with Crippen LogP contribution >= 0.6 is 11.6 Å². The van der Waals surface area contributed by atoms with Crippen LogP contribution in [0.3, 0.4) is 0 Å². The monoisotopic (exact) mass is 675 g/mol. The van der Waals surface area contributed by atoms with E-state index < -0.39 is 64.6 Å². The number of aromatic nitrogens is 2. The van der Waals surface area contributed by atoms with Gasteiger partial charge in [-0.25, -0.2) is 22.9 Å². The Bertz CT molecular complexity index is 1670. The number of aliphatic hydroxyl groups is 1. The van der Waals surface area contributed by atoms with E-state index >= 15 is 0 Å². The molecule has 0 saturated carbocycles. The summed E-state index contributed by atoms with van der Waals surface area (Å²) in [5.74, 6) is -4.35. The highest BCUT2D eigenvalue weighted by atomic mass is 35.5. The maximum absolute atomic E-state index is 14.8. The number of halogens is 4. The quantitative estimate of drug-likeness (QED) is 0.312. The third-order valence-corrected chi connectivity index (χ3v) is 7.95. The predicted octanol–water partition coefficient (Wildman–Crippen LogP) is 4.47. The third-order valence-electron chi connectivity index (χ3n) is 7.73. The lowest BCUT2D eigenvalue weighted by Crippen LogP contribution is -2.52. The van der Waals surface area contributed by atoms with Crippen LogP contribution in [0, 0.1) is 17.5 Å². The smallest absolute Gasteiger partial charge is 0.407 e. The second-order valence-corrected chi connectivity index (χ2v) is 12.9. The highest BCUT2D eigenvalue weighted by molar-refractivity contribution is 6.30. The van der Waals surface area contributed by atoms with Crippen molar-refractivity contribution in [3.63, 3.8) is 0 Å². The Hall–Kier alpha value is -4.27. The van der Waals surface area contributed by atoms with E-state index in [1.54, 1.807) is 20.8 Å². The van der Waals surface area contributed by atoms with Crippen molar-refractivity contribution in [3.8, 4) is 0 Å². The highest BCUT2D eigenvalue weighted by Gasteiger charge is 2.52. The van der Waals surface area contributed by atoms with Gasteiger partial charge in [-0.1, -0.05) is 11.6 Å². The second kappa shape index (κ2) is 13.5. The van der Waals surface area contributed by atoms with Gasteiger partial charge >= 0.3 is 6.09 Å². The molecule has 15 heteroatoms. The van der Waals surface area contributed by atoms with Gasteiger partial charge in [0.15, 0.2) is 5.82 Å². The summed E-state index contributed by atoms with van der Waals surface area (Å²) in [7, 11) is 0. The van der Waals surface area contributed by atoms with E-state index in [0.29, 0.717) is 11.3 Å². The van der Waals surface area contributed by atoms with Gasteiger partial charge in [-0.3, -0.25) is 19.5 Å². The van der Waals surface area contributed by atoms with Gasteiger partial charge < -0.3 is 25.2 Å². The standard InChI is InChI=1S/C32H33ClF3N5O6/c1-31(2,3)47-30(44)40-24-10-18(16-46-27(24)22-12-20(34)4-5-23(22)36)25-14-37-15-26(39-25)41-7-6-32(45,29(41)43)28(42)38-13-17-8-19(33)11-21(35)9-17/h4-5,8-9,11-12,14-15,18,24,27,45H,6-7,10,13,16H2,1-3H3,(H,38,42)(H,40,44)/t18-,24+,27-,32?/m1/s1. The SMILES string of the molecule is CC(C)(C)OC(=O)N[C@H]1C[C@@H](c2cncc(N3CCC(O)(C(=O)NCc4cc(F)cc(Cl)c4)C3=O)n2)CO[C@@H]1c1cc(F)ccc1F. The molecule has 47 heavy (non-hydrogen) atoms. The molecule has 250 valence electrons. The number of alkyl carbamates (subject to hydrolysis) is 1. The van der Waals surface area contributed by atoms with Crippen LogP contribution in [0.4, 0.5) is 23.8 Å². The van der Waals surface area contributed by atoms with Gasteiger partial charge in [0.05, 0.1) is 24.5 Å². The van der Waals surface area contributed by atoms with Crippen LogP contribution in [0.2, 0.25) is 5.02 Å². The zero-order chi connectivity index (χ0) is 34.1. The van der Waals surface area contributed by atoms with Crippen LogP contribution in [-0.4, -0.2) is 63.4 Å². The summed E-state index contributed by atoms with van der Waals surface area (Å²) >= 11 is 5.86. The second-order valence-electron chi connectivity index (χ2n) is 12.4. The number of anilines is 1. The Morgan fingerprint density at radius 2 is 1.91 bits per heavy atom. The van der Waals surface area contributed by atoms with E-state index in [0.717, 1.165) is 29.2 Å². The van der Waals surface area contributed by atoms with Crippen molar-refractivity contribution >= 4 is 35.3 Å². The normalized spacial score (nSPS) is 23.0. The van der Waals surface area contributed by atoms with Crippen molar-refractivity contribution in [3.05, 3.63) is 88.1 Å². The summed E-state index contributed by atoms with van der Waals surface area (Å²) in [6.07, 6.45) is 0.807. The number of benzene rings is 2. The first-order chi connectivity index (χ1) is 22.1.